The van der Waals surface area contributed by atoms with Crippen molar-refractivity contribution in [2.45, 2.75) is 13.7 Å². The van der Waals surface area contributed by atoms with Gasteiger partial charge in [-0.2, -0.15) is 5.10 Å². The van der Waals surface area contributed by atoms with Gasteiger partial charge in [0, 0.05) is 11.8 Å². The second-order valence-electron chi connectivity index (χ2n) is 3.41. The van der Waals surface area contributed by atoms with Gasteiger partial charge in [-0.3, -0.25) is 0 Å². The van der Waals surface area contributed by atoms with E-state index in [9.17, 15) is 4.39 Å². The lowest BCUT2D eigenvalue weighted by molar-refractivity contribution is 0.209. The van der Waals surface area contributed by atoms with Crippen LogP contribution in [0.2, 0.25) is 0 Å². The molecule has 5 heteroatoms. The van der Waals surface area contributed by atoms with Crippen LogP contribution in [0.15, 0.2) is 30.3 Å². The lowest BCUT2D eigenvalue weighted by Gasteiger charge is -2.08. The summed E-state index contributed by atoms with van der Waals surface area (Å²) in [5.41, 5.74) is 6.39. The number of anilines is 1. The van der Waals surface area contributed by atoms with Gasteiger partial charge in [0.15, 0.2) is 18.3 Å². The third-order valence-electron chi connectivity index (χ3n) is 2.18. The number of halogens is 1. The van der Waals surface area contributed by atoms with E-state index in [-0.39, 0.29) is 18.3 Å². The minimum Gasteiger partial charge on any atom is -0.468 e. The van der Waals surface area contributed by atoms with Crippen molar-refractivity contribution in [1.82, 2.24) is 9.78 Å². The molecule has 2 rings (SSSR count). The third-order valence-corrected chi connectivity index (χ3v) is 2.18. The summed E-state index contributed by atoms with van der Waals surface area (Å²) in [6.07, 6.45) is 0. The van der Waals surface area contributed by atoms with Crippen molar-refractivity contribution in [2.75, 3.05) is 5.73 Å². The highest BCUT2D eigenvalue weighted by atomic mass is 19.1. The molecule has 0 unspecified atom stereocenters. The SMILES string of the molecule is Cc1cc(N)nn1COc1ccccc1F. The van der Waals surface area contributed by atoms with Crippen LogP contribution in [0.3, 0.4) is 0 Å². The summed E-state index contributed by atoms with van der Waals surface area (Å²) in [5, 5.41) is 4.00. The van der Waals surface area contributed by atoms with Gasteiger partial charge in [0.05, 0.1) is 0 Å². The minimum atomic E-state index is -0.389. The Morgan fingerprint density at radius 2 is 2.19 bits per heavy atom. The van der Waals surface area contributed by atoms with Gasteiger partial charge in [-0.05, 0) is 19.1 Å². The van der Waals surface area contributed by atoms with Gasteiger partial charge in [0.25, 0.3) is 0 Å². The minimum absolute atomic E-state index is 0.143. The number of nitrogen functional groups attached to an aromatic ring is 1. The van der Waals surface area contributed by atoms with Gasteiger partial charge in [-0.25, -0.2) is 9.07 Å². The average molecular weight is 221 g/mol. The Hall–Kier alpha value is -2.04. The van der Waals surface area contributed by atoms with Crippen molar-refractivity contribution in [3.8, 4) is 5.75 Å². The normalized spacial score (nSPS) is 10.4. The first-order valence-corrected chi connectivity index (χ1v) is 4.84. The highest BCUT2D eigenvalue weighted by molar-refractivity contribution is 5.28. The zero-order valence-corrected chi connectivity index (χ0v) is 8.85. The highest BCUT2D eigenvalue weighted by Crippen LogP contribution is 2.16. The molecule has 0 radical (unpaired) electrons. The smallest absolute Gasteiger partial charge is 0.181 e. The molecule has 0 aliphatic heterocycles. The summed E-state index contributed by atoms with van der Waals surface area (Å²) in [6, 6.07) is 7.96. The van der Waals surface area contributed by atoms with E-state index < -0.39 is 0 Å². The topological polar surface area (TPSA) is 53.1 Å². The fourth-order valence-corrected chi connectivity index (χ4v) is 1.36. The number of rotatable bonds is 3. The first kappa shape index (κ1) is 10.5. The zero-order valence-electron chi connectivity index (χ0n) is 8.85. The van der Waals surface area contributed by atoms with Crippen molar-refractivity contribution in [1.29, 1.82) is 0 Å². The van der Waals surface area contributed by atoms with Crippen LogP contribution < -0.4 is 10.5 Å². The average Bonchev–Trinajstić information content (AvgIpc) is 2.56. The molecule has 1 aromatic heterocycles. The van der Waals surface area contributed by atoms with Gasteiger partial charge in [0.2, 0.25) is 0 Å². The molecule has 1 heterocycles. The zero-order chi connectivity index (χ0) is 11.5. The van der Waals surface area contributed by atoms with Crippen LogP contribution in [0.5, 0.6) is 5.75 Å². The van der Waals surface area contributed by atoms with Crippen molar-refractivity contribution in [3.05, 3.63) is 41.8 Å². The molecule has 2 N–H and O–H groups in total. The summed E-state index contributed by atoms with van der Waals surface area (Å²) in [5.74, 6) is 0.242. The van der Waals surface area contributed by atoms with Crippen molar-refractivity contribution < 1.29 is 9.13 Å². The van der Waals surface area contributed by atoms with E-state index in [1.165, 1.54) is 6.07 Å². The fraction of sp³-hybridized carbons (Fsp3) is 0.182. The molecule has 0 atom stereocenters. The van der Waals surface area contributed by atoms with E-state index in [2.05, 4.69) is 5.10 Å². The van der Waals surface area contributed by atoms with Crippen molar-refractivity contribution in [2.24, 2.45) is 0 Å². The molecular formula is C11H12FN3O. The monoisotopic (exact) mass is 221 g/mol. The largest absolute Gasteiger partial charge is 0.468 e. The molecule has 84 valence electrons. The molecule has 16 heavy (non-hydrogen) atoms. The van der Waals surface area contributed by atoms with Crippen molar-refractivity contribution >= 4 is 5.82 Å². The number of hydrogen-bond acceptors (Lipinski definition) is 3. The molecular weight excluding hydrogens is 209 g/mol. The van der Waals surface area contributed by atoms with Crippen LogP contribution in [0.4, 0.5) is 10.2 Å². The van der Waals surface area contributed by atoms with E-state index in [0.29, 0.717) is 5.82 Å². The van der Waals surface area contributed by atoms with Crippen LogP contribution in [0, 0.1) is 12.7 Å². The summed E-state index contributed by atoms with van der Waals surface area (Å²) >= 11 is 0. The maximum Gasteiger partial charge on any atom is 0.181 e. The predicted molar refractivity (Wildman–Crippen MR) is 58.4 cm³/mol. The molecule has 2 aromatic rings. The van der Waals surface area contributed by atoms with Crippen LogP contribution >= 0.6 is 0 Å². The molecule has 4 nitrogen and oxygen atoms in total. The molecule has 1 aromatic carbocycles. The van der Waals surface area contributed by atoms with Crippen LogP contribution in [-0.4, -0.2) is 9.78 Å². The van der Waals surface area contributed by atoms with Gasteiger partial charge in [-0.1, -0.05) is 12.1 Å². The van der Waals surface area contributed by atoms with Gasteiger partial charge >= 0.3 is 0 Å². The molecule has 0 fully saturated rings. The standard InChI is InChI=1S/C11H12FN3O/c1-8-6-11(13)14-15(8)7-16-10-5-3-2-4-9(10)12/h2-6H,7H2,1H3,(H2,13,14). The first-order chi connectivity index (χ1) is 7.66. The van der Waals surface area contributed by atoms with Gasteiger partial charge in [-0.15, -0.1) is 0 Å². The first-order valence-electron chi connectivity index (χ1n) is 4.84. The Bertz CT molecular complexity index is 496. The molecule has 0 aliphatic carbocycles. The summed E-state index contributed by atoms with van der Waals surface area (Å²) in [7, 11) is 0. The van der Waals surface area contributed by atoms with Gasteiger partial charge < -0.3 is 10.5 Å². The Balaban J connectivity index is 2.08. The second kappa shape index (κ2) is 4.22. The number of para-hydroxylation sites is 1. The Kier molecular flexibility index (Phi) is 2.76. The highest BCUT2D eigenvalue weighted by Gasteiger charge is 2.04. The maximum absolute atomic E-state index is 13.2. The Morgan fingerprint density at radius 3 is 2.81 bits per heavy atom. The number of nitrogens with zero attached hydrogens (tertiary/aromatic N) is 2. The number of ether oxygens (including phenoxy) is 1. The number of aryl methyl sites for hydroxylation is 1. The Labute approximate surface area is 92.4 Å². The number of aromatic nitrogens is 2. The van der Waals surface area contributed by atoms with E-state index in [4.69, 9.17) is 10.5 Å². The quantitative estimate of drug-likeness (QED) is 0.861. The molecule has 0 spiro atoms. The molecule has 0 saturated carbocycles. The Morgan fingerprint density at radius 1 is 1.44 bits per heavy atom. The lowest BCUT2D eigenvalue weighted by atomic mass is 10.3. The van der Waals surface area contributed by atoms with E-state index in [1.807, 2.05) is 6.92 Å². The number of nitrogens with two attached hydrogens (primary N) is 1. The van der Waals surface area contributed by atoms with Crippen LogP contribution in [-0.2, 0) is 6.73 Å². The van der Waals surface area contributed by atoms with Crippen LogP contribution in [0.25, 0.3) is 0 Å². The molecule has 0 aliphatic rings. The molecule has 0 bridgehead atoms. The van der Waals surface area contributed by atoms with Crippen LogP contribution in [0.1, 0.15) is 5.69 Å². The van der Waals surface area contributed by atoms with E-state index >= 15 is 0 Å². The van der Waals surface area contributed by atoms with E-state index in [1.54, 1.807) is 28.9 Å². The lowest BCUT2D eigenvalue weighted by Crippen LogP contribution is -2.09. The van der Waals surface area contributed by atoms with E-state index in [0.717, 1.165) is 5.69 Å². The number of hydrogen-bond donors (Lipinski definition) is 1. The summed E-state index contributed by atoms with van der Waals surface area (Å²) in [6.45, 7) is 2.00. The third kappa shape index (κ3) is 2.13. The van der Waals surface area contributed by atoms with Crippen molar-refractivity contribution in [3.63, 3.8) is 0 Å². The molecule has 0 saturated heterocycles. The summed E-state index contributed by atoms with van der Waals surface area (Å²) < 4.78 is 20.1. The second-order valence-corrected chi connectivity index (χ2v) is 3.41. The fourth-order valence-electron chi connectivity index (χ4n) is 1.36. The van der Waals surface area contributed by atoms with Gasteiger partial charge in [0.1, 0.15) is 5.82 Å². The number of benzene rings is 1. The molecule has 0 amide bonds. The predicted octanol–water partition coefficient (Wildman–Crippen LogP) is 1.95. The summed E-state index contributed by atoms with van der Waals surface area (Å²) in [4.78, 5) is 0. The maximum atomic E-state index is 13.2.